The first kappa shape index (κ1) is 32.7. The smallest absolute Gasteiger partial charge is 0.0648 e. The van der Waals surface area contributed by atoms with Crippen LogP contribution in [0.25, 0.3) is 0 Å². The molecule has 0 nitrogen and oxygen atoms in total. The van der Waals surface area contributed by atoms with Crippen LogP contribution in [0.15, 0.2) is 176 Å². The topological polar surface area (TPSA) is 0 Å². The van der Waals surface area contributed by atoms with Crippen LogP contribution in [0.4, 0.5) is 0 Å². The minimum absolute atomic E-state index is 0.483. The van der Waals surface area contributed by atoms with Crippen LogP contribution in [0.1, 0.15) is 79.5 Å². The zero-order chi connectivity index (χ0) is 32.3. The average Bonchev–Trinajstić information content (AvgIpc) is 3.16. The predicted molar refractivity (Wildman–Crippen MR) is 206 cm³/mol. The highest BCUT2D eigenvalue weighted by Gasteiger charge is 2.45. The third kappa shape index (κ3) is 7.67. The van der Waals surface area contributed by atoms with Crippen LogP contribution in [0.5, 0.6) is 0 Å². The summed E-state index contributed by atoms with van der Waals surface area (Å²) in [5.41, 5.74) is 5.81. The second-order valence-electron chi connectivity index (χ2n) is 12.9. The molecule has 1 heteroatoms. The van der Waals surface area contributed by atoms with Crippen molar-refractivity contribution < 1.29 is 0 Å². The molecule has 0 aliphatic heterocycles. The molecule has 2 unspecified atom stereocenters. The van der Waals surface area contributed by atoms with Crippen molar-refractivity contribution in [3.63, 3.8) is 0 Å². The summed E-state index contributed by atoms with van der Waals surface area (Å²) in [7, 11) is -1.95. The maximum Gasteiger partial charge on any atom is 0.116 e. The summed E-state index contributed by atoms with van der Waals surface area (Å²) in [5.74, 6) is 1.57. The lowest BCUT2D eigenvalue weighted by atomic mass is 9.77. The van der Waals surface area contributed by atoms with E-state index < -0.39 is 7.26 Å². The van der Waals surface area contributed by atoms with Gasteiger partial charge < -0.3 is 0 Å². The fraction of sp³-hybridized carbons (Fsp3) is 0.217. The summed E-state index contributed by atoms with van der Waals surface area (Å²) in [4.78, 5) is 0. The summed E-state index contributed by atoms with van der Waals surface area (Å²) in [6.07, 6.45) is 5.63. The Labute approximate surface area is 283 Å². The standard InChI is InChI=1S/C46H48P/c1-3-38(40-20-10-5-11-21-40)34-43(35-39(4-2)41-22-12-6-13-23-41)42-32-30-37(31-33-42)36-47(44-24-14-7-15-25-44,45-26-16-8-17-27-45)46-28-18-9-19-29-46/h5-33,38-39,43H,3-4,34-36H2,1-2H3/q+1. The van der Waals surface area contributed by atoms with Crippen molar-refractivity contribution in [2.75, 3.05) is 0 Å². The van der Waals surface area contributed by atoms with Gasteiger partial charge in [-0.1, -0.05) is 153 Å². The first-order chi connectivity index (χ1) is 23.2. The minimum atomic E-state index is -1.95. The molecular weight excluding hydrogens is 583 g/mol. The van der Waals surface area contributed by atoms with Gasteiger partial charge >= 0.3 is 0 Å². The molecular formula is C46H48P+. The zero-order valence-corrected chi connectivity index (χ0v) is 28.9. The SMILES string of the molecule is CCC(CC(CC(CC)c1ccccc1)c1ccc(C[P+](c2ccccc2)(c2ccccc2)c2ccccc2)cc1)c1ccccc1. The highest BCUT2D eigenvalue weighted by atomic mass is 31.2. The van der Waals surface area contributed by atoms with Gasteiger partial charge in [-0.3, -0.25) is 0 Å². The summed E-state index contributed by atoms with van der Waals surface area (Å²) >= 11 is 0. The third-order valence-electron chi connectivity index (χ3n) is 10.1. The molecule has 6 rings (SSSR count). The van der Waals surface area contributed by atoms with Gasteiger partial charge in [-0.05, 0) is 102 Å². The molecule has 6 aromatic rings. The second kappa shape index (κ2) is 16.0. The maximum atomic E-state index is 2.46. The Hall–Kier alpha value is -4.25. The lowest BCUT2D eigenvalue weighted by Gasteiger charge is -2.29. The van der Waals surface area contributed by atoms with Gasteiger partial charge in [0.25, 0.3) is 0 Å². The summed E-state index contributed by atoms with van der Waals surface area (Å²) in [6.45, 7) is 4.71. The molecule has 0 radical (unpaired) electrons. The predicted octanol–water partition coefficient (Wildman–Crippen LogP) is 11.4. The molecule has 0 saturated heterocycles. The van der Waals surface area contributed by atoms with E-state index >= 15 is 0 Å². The van der Waals surface area contributed by atoms with Gasteiger partial charge in [0.1, 0.15) is 23.2 Å². The van der Waals surface area contributed by atoms with Crippen LogP contribution < -0.4 is 15.9 Å². The van der Waals surface area contributed by atoms with Crippen LogP contribution in [-0.4, -0.2) is 0 Å². The molecule has 0 amide bonds. The van der Waals surface area contributed by atoms with E-state index in [0.717, 1.165) is 31.8 Å². The molecule has 0 spiro atoms. The third-order valence-corrected chi connectivity index (χ3v) is 14.5. The fourth-order valence-corrected chi connectivity index (χ4v) is 11.8. The summed E-state index contributed by atoms with van der Waals surface area (Å²) in [6, 6.07) is 65.9. The van der Waals surface area contributed by atoms with Crippen molar-refractivity contribution in [3.8, 4) is 0 Å². The Balaban J connectivity index is 1.38. The van der Waals surface area contributed by atoms with Gasteiger partial charge in [0.05, 0.1) is 6.16 Å². The van der Waals surface area contributed by atoms with Crippen molar-refractivity contribution in [1.29, 1.82) is 0 Å². The van der Waals surface area contributed by atoms with Gasteiger partial charge in [-0.25, -0.2) is 0 Å². The summed E-state index contributed by atoms with van der Waals surface area (Å²) < 4.78 is 0. The fourth-order valence-electron chi connectivity index (χ4n) is 7.52. The molecule has 0 N–H and O–H groups in total. The van der Waals surface area contributed by atoms with Gasteiger partial charge in [0.15, 0.2) is 0 Å². The molecule has 47 heavy (non-hydrogen) atoms. The first-order valence-electron chi connectivity index (χ1n) is 17.4. The van der Waals surface area contributed by atoms with Crippen molar-refractivity contribution in [1.82, 2.24) is 0 Å². The van der Waals surface area contributed by atoms with E-state index in [1.54, 1.807) is 0 Å². The Kier molecular flexibility index (Phi) is 11.2. The highest BCUT2D eigenvalue weighted by Crippen LogP contribution is 2.58. The molecule has 2 atom stereocenters. The van der Waals surface area contributed by atoms with Gasteiger partial charge in [-0.15, -0.1) is 0 Å². The van der Waals surface area contributed by atoms with Crippen LogP contribution >= 0.6 is 7.26 Å². The normalized spacial score (nSPS) is 13.5. The molecule has 0 saturated carbocycles. The number of rotatable bonds is 14. The second-order valence-corrected chi connectivity index (χ2v) is 16.4. The van der Waals surface area contributed by atoms with Crippen LogP contribution in [-0.2, 0) is 6.16 Å². The van der Waals surface area contributed by atoms with Crippen LogP contribution in [0.2, 0.25) is 0 Å². The van der Waals surface area contributed by atoms with E-state index in [-0.39, 0.29) is 0 Å². The van der Waals surface area contributed by atoms with Crippen molar-refractivity contribution in [2.24, 2.45) is 0 Å². The lowest BCUT2D eigenvalue weighted by molar-refractivity contribution is 0.450. The number of benzene rings is 6. The van der Waals surface area contributed by atoms with E-state index in [4.69, 9.17) is 0 Å². The van der Waals surface area contributed by atoms with Crippen molar-refractivity contribution in [2.45, 2.75) is 63.4 Å². The van der Waals surface area contributed by atoms with Crippen molar-refractivity contribution in [3.05, 3.63) is 198 Å². The zero-order valence-electron chi connectivity index (χ0n) is 28.0. The molecule has 0 aromatic heterocycles. The minimum Gasteiger partial charge on any atom is -0.0648 e. The summed E-state index contributed by atoms with van der Waals surface area (Å²) in [5, 5.41) is 4.30. The largest absolute Gasteiger partial charge is 0.116 e. The molecule has 0 aliphatic carbocycles. The van der Waals surface area contributed by atoms with Gasteiger partial charge in [-0.2, -0.15) is 0 Å². The average molecular weight is 632 g/mol. The van der Waals surface area contributed by atoms with E-state index in [0.29, 0.717) is 17.8 Å². The van der Waals surface area contributed by atoms with Crippen molar-refractivity contribution >= 4 is 23.2 Å². The number of hydrogen-bond acceptors (Lipinski definition) is 0. The Morgan fingerprint density at radius 2 is 0.681 bits per heavy atom. The van der Waals surface area contributed by atoms with E-state index in [1.165, 1.54) is 38.2 Å². The Morgan fingerprint density at radius 3 is 1.02 bits per heavy atom. The molecule has 0 heterocycles. The first-order valence-corrected chi connectivity index (χ1v) is 19.4. The van der Waals surface area contributed by atoms with E-state index in [1.807, 2.05) is 0 Å². The molecule has 0 bridgehead atoms. The molecule has 0 fully saturated rings. The van der Waals surface area contributed by atoms with Crippen LogP contribution in [0, 0.1) is 0 Å². The Bertz CT molecular complexity index is 1600. The quantitative estimate of drug-likeness (QED) is 0.105. The highest BCUT2D eigenvalue weighted by molar-refractivity contribution is 7.95. The molecule has 236 valence electrons. The lowest BCUT2D eigenvalue weighted by Crippen LogP contribution is -2.32. The monoisotopic (exact) mass is 631 g/mol. The van der Waals surface area contributed by atoms with Gasteiger partial charge in [0, 0.05) is 0 Å². The molecule has 6 aromatic carbocycles. The Morgan fingerprint density at radius 1 is 0.362 bits per heavy atom. The maximum absolute atomic E-state index is 2.46. The number of hydrogen-bond donors (Lipinski definition) is 0. The van der Waals surface area contributed by atoms with Crippen LogP contribution in [0.3, 0.4) is 0 Å². The van der Waals surface area contributed by atoms with E-state index in [2.05, 4.69) is 190 Å². The molecule has 0 aliphatic rings. The van der Waals surface area contributed by atoms with E-state index in [9.17, 15) is 0 Å². The van der Waals surface area contributed by atoms with Gasteiger partial charge in [0.2, 0.25) is 0 Å².